The molecule has 3 aromatic heterocycles. The van der Waals surface area contributed by atoms with E-state index < -0.39 is 0 Å². The summed E-state index contributed by atoms with van der Waals surface area (Å²) in [6.07, 6.45) is 4.73. The first-order valence-electron chi connectivity index (χ1n) is 8.02. The van der Waals surface area contributed by atoms with Crippen molar-refractivity contribution in [2.45, 2.75) is 39.4 Å². The monoisotopic (exact) mass is 311 g/mol. The maximum absolute atomic E-state index is 4.72. The van der Waals surface area contributed by atoms with E-state index >= 15 is 0 Å². The lowest BCUT2D eigenvalue weighted by atomic mass is 10.1. The van der Waals surface area contributed by atoms with Crippen molar-refractivity contribution >= 4 is 0 Å². The van der Waals surface area contributed by atoms with Gasteiger partial charge in [0.1, 0.15) is 5.69 Å². The summed E-state index contributed by atoms with van der Waals surface area (Å²) in [6, 6.07) is 4.50. The number of fused-ring (bicyclic) bond motifs is 1. The molecular weight excluding hydrogens is 290 g/mol. The van der Waals surface area contributed by atoms with Crippen LogP contribution in [0.5, 0.6) is 0 Å². The number of H-pyrrole nitrogens is 1. The summed E-state index contributed by atoms with van der Waals surface area (Å²) in [5.74, 6) is 0.923. The van der Waals surface area contributed by atoms with Crippen molar-refractivity contribution in [2.24, 2.45) is 0 Å². The minimum atomic E-state index is 0.270. The average Bonchev–Trinajstić information content (AvgIpc) is 3.24. The largest absolute Gasteiger partial charge is 0.326 e. The Labute approximate surface area is 134 Å². The van der Waals surface area contributed by atoms with Crippen molar-refractivity contribution in [1.29, 1.82) is 0 Å². The molecule has 1 aliphatic heterocycles. The molecule has 0 bridgehead atoms. The van der Waals surface area contributed by atoms with Gasteiger partial charge in [0.15, 0.2) is 5.82 Å². The average molecular weight is 311 g/mol. The van der Waals surface area contributed by atoms with Gasteiger partial charge in [-0.3, -0.25) is 9.78 Å². The Morgan fingerprint density at radius 1 is 1.35 bits per heavy atom. The summed E-state index contributed by atoms with van der Waals surface area (Å²) >= 11 is 0. The zero-order chi connectivity index (χ0) is 15.8. The Balaban J connectivity index is 1.61. The molecule has 23 heavy (non-hydrogen) atoms. The lowest BCUT2D eigenvalue weighted by molar-refractivity contribution is 0.475. The van der Waals surface area contributed by atoms with Crippen molar-refractivity contribution in [3.63, 3.8) is 0 Å². The van der Waals surface area contributed by atoms with E-state index in [1.807, 2.05) is 19.3 Å². The summed E-state index contributed by atoms with van der Waals surface area (Å²) in [7, 11) is 0. The zero-order valence-corrected chi connectivity index (χ0v) is 13.5. The van der Waals surface area contributed by atoms with Crippen LogP contribution in [0.15, 0.2) is 24.5 Å². The molecule has 7 heteroatoms. The topological polar surface area (TPSA) is 76.3 Å². The first-order chi connectivity index (χ1) is 11.2. The Morgan fingerprint density at radius 2 is 2.26 bits per heavy atom. The molecule has 120 valence electrons. The quantitative estimate of drug-likeness (QED) is 0.769. The van der Waals surface area contributed by atoms with E-state index in [0.717, 1.165) is 49.0 Å². The Morgan fingerprint density at radius 3 is 3.04 bits per heavy atom. The van der Waals surface area contributed by atoms with Gasteiger partial charge in [-0.25, -0.2) is 4.98 Å². The van der Waals surface area contributed by atoms with Crippen molar-refractivity contribution in [2.75, 3.05) is 6.54 Å². The van der Waals surface area contributed by atoms with Crippen LogP contribution in [0, 0.1) is 6.92 Å². The molecule has 0 saturated heterocycles. The number of hydrogen-bond donors (Lipinski definition) is 2. The summed E-state index contributed by atoms with van der Waals surface area (Å²) < 4.78 is 4.26. The van der Waals surface area contributed by atoms with Gasteiger partial charge in [0.2, 0.25) is 0 Å². The van der Waals surface area contributed by atoms with Crippen LogP contribution in [-0.2, 0) is 19.5 Å². The van der Waals surface area contributed by atoms with Crippen molar-refractivity contribution in [3.05, 3.63) is 41.6 Å². The van der Waals surface area contributed by atoms with E-state index in [1.54, 1.807) is 0 Å². The van der Waals surface area contributed by atoms with E-state index in [-0.39, 0.29) is 6.04 Å². The van der Waals surface area contributed by atoms with E-state index in [2.05, 4.69) is 48.8 Å². The minimum Gasteiger partial charge on any atom is -0.326 e. The van der Waals surface area contributed by atoms with Crippen LogP contribution < -0.4 is 5.32 Å². The zero-order valence-electron chi connectivity index (χ0n) is 13.5. The Bertz CT molecular complexity index is 787. The van der Waals surface area contributed by atoms with Crippen molar-refractivity contribution < 1.29 is 0 Å². The van der Waals surface area contributed by atoms with E-state index in [4.69, 9.17) is 5.10 Å². The third kappa shape index (κ3) is 2.68. The highest BCUT2D eigenvalue weighted by Gasteiger charge is 2.18. The highest BCUT2D eigenvalue weighted by Crippen LogP contribution is 2.23. The molecule has 2 N–H and O–H groups in total. The summed E-state index contributed by atoms with van der Waals surface area (Å²) in [5, 5.41) is 15.4. The maximum Gasteiger partial charge on any atom is 0.160 e. The number of aromatic amines is 1. The second kappa shape index (κ2) is 5.66. The summed E-state index contributed by atoms with van der Waals surface area (Å²) in [6.45, 7) is 6.96. The van der Waals surface area contributed by atoms with Crippen molar-refractivity contribution in [1.82, 2.24) is 34.8 Å². The lowest BCUT2D eigenvalue weighted by Crippen LogP contribution is -2.28. The highest BCUT2D eigenvalue weighted by molar-refractivity contribution is 5.50. The van der Waals surface area contributed by atoms with Gasteiger partial charge in [-0.05, 0) is 26.0 Å². The van der Waals surface area contributed by atoms with Crippen LogP contribution in [0.4, 0.5) is 0 Å². The van der Waals surface area contributed by atoms with E-state index in [9.17, 15) is 0 Å². The standard InChI is InChI=1S/C16H21N7/c1-11-7-13(20-19-11)8-12(2)22-5-4-18-16(22)15-9-14-10-17-3-6-23(14)21-15/h4-5,7,9,12,17H,3,6,8,10H2,1-2H3,(H,19,20)/t12-/m0/s1. The molecular formula is C16H21N7. The fourth-order valence-corrected chi connectivity index (χ4v) is 3.15. The number of nitrogens with one attached hydrogen (secondary N) is 2. The molecule has 1 aliphatic rings. The molecule has 0 aliphatic carbocycles. The molecule has 0 radical (unpaired) electrons. The molecule has 1 atom stereocenters. The number of aromatic nitrogens is 6. The molecule has 0 aromatic carbocycles. The fourth-order valence-electron chi connectivity index (χ4n) is 3.15. The Hall–Kier alpha value is -2.41. The first-order valence-corrected chi connectivity index (χ1v) is 8.02. The molecule has 4 rings (SSSR count). The van der Waals surface area contributed by atoms with Gasteiger partial charge in [-0.2, -0.15) is 10.2 Å². The second-order valence-corrected chi connectivity index (χ2v) is 6.17. The number of nitrogens with zero attached hydrogens (tertiary/aromatic N) is 5. The van der Waals surface area contributed by atoms with Crippen LogP contribution >= 0.6 is 0 Å². The van der Waals surface area contributed by atoms with E-state index in [0.29, 0.717) is 0 Å². The summed E-state index contributed by atoms with van der Waals surface area (Å²) in [4.78, 5) is 4.54. The molecule has 3 aromatic rings. The normalized spacial score (nSPS) is 15.6. The predicted molar refractivity (Wildman–Crippen MR) is 86.9 cm³/mol. The second-order valence-electron chi connectivity index (χ2n) is 6.17. The number of imidazole rings is 1. The van der Waals surface area contributed by atoms with Gasteiger partial charge >= 0.3 is 0 Å². The van der Waals surface area contributed by atoms with Gasteiger partial charge < -0.3 is 9.88 Å². The van der Waals surface area contributed by atoms with Gasteiger partial charge in [0, 0.05) is 43.6 Å². The Kier molecular flexibility index (Phi) is 3.49. The van der Waals surface area contributed by atoms with Gasteiger partial charge in [-0.15, -0.1) is 0 Å². The highest BCUT2D eigenvalue weighted by atomic mass is 15.3. The predicted octanol–water partition coefficient (Wildman–Crippen LogP) is 1.69. The lowest BCUT2D eigenvalue weighted by Gasteiger charge is -2.14. The molecule has 0 amide bonds. The molecule has 0 spiro atoms. The maximum atomic E-state index is 4.72. The smallest absolute Gasteiger partial charge is 0.160 e. The van der Waals surface area contributed by atoms with Crippen LogP contribution in [0.1, 0.15) is 30.0 Å². The van der Waals surface area contributed by atoms with Crippen molar-refractivity contribution in [3.8, 4) is 11.5 Å². The van der Waals surface area contributed by atoms with Crippen LogP contribution in [0.3, 0.4) is 0 Å². The molecule has 0 saturated carbocycles. The van der Waals surface area contributed by atoms with Gasteiger partial charge in [0.25, 0.3) is 0 Å². The molecule has 4 heterocycles. The van der Waals surface area contributed by atoms with Crippen LogP contribution in [0.25, 0.3) is 11.5 Å². The fraction of sp³-hybridized carbons (Fsp3) is 0.438. The molecule has 0 unspecified atom stereocenters. The summed E-state index contributed by atoms with van der Waals surface area (Å²) in [5.41, 5.74) is 4.32. The molecule has 7 nitrogen and oxygen atoms in total. The van der Waals surface area contributed by atoms with Crippen LogP contribution in [-0.4, -0.2) is 36.1 Å². The molecule has 0 fully saturated rings. The van der Waals surface area contributed by atoms with Crippen LogP contribution in [0.2, 0.25) is 0 Å². The SMILES string of the molecule is Cc1cc(C[C@H](C)n2ccnc2-c2cc3n(n2)CCNC3)n[nH]1. The first kappa shape index (κ1) is 14.2. The number of aryl methyl sites for hydroxylation is 1. The number of hydrogen-bond acceptors (Lipinski definition) is 4. The third-order valence-corrected chi connectivity index (χ3v) is 4.31. The van der Waals surface area contributed by atoms with E-state index in [1.165, 1.54) is 5.69 Å². The van der Waals surface area contributed by atoms with Gasteiger partial charge in [0.05, 0.1) is 17.9 Å². The number of rotatable bonds is 4. The third-order valence-electron chi connectivity index (χ3n) is 4.31. The minimum absolute atomic E-state index is 0.270. The van der Waals surface area contributed by atoms with Gasteiger partial charge in [-0.1, -0.05) is 0 Å².